The second-order valence-corrected chi connectivity index (χ2v) is 5.41. The quantitative estimate of drug-likeness (QED) is 0.582. The van der Waals surface area contributed by atoms with Crippen molar-refractivity contribution < 1.29 is 13.9 Å². The van der Waals surface area contributed by atoms with Crippen LogP contribution in [0.4, 0.5) is 4.39 Å². The van der Waals surface area contributed by atoms with Crippen LogP contribution in [-0.4, -0.2) is 17.1 Å². The lowest BCUT2D eigenvalue weighted by molar-refractivity contribution is 0.378. The van der Waals surface area contributed by atoms with Gasteiger partial charge in [-0.2, -0.15) is 0 Å². The van der Waals surface area contributed by atoms with E-state index in [-0.39, 0.29) is 27.4 Å². The minimum absolute atomic E-state index is 0.0286. The van der Waals surface area contributed by atoms with Gasteiger partial charge in [-0.05, 0) is 24.3 Å². The summed E-state index contributed by atoms with van der Waals surface area (Å²) in [6, 6.07) is 13.1. The highest BCUT2D eigenvalue weighted by Crippen LogP contribution is 2.38. The third kappa shape index (κ3) is 3.27. The number of aromatic nitrogens is 2. The second-order valence-electron chi connectivity index (χ2n) is 4.69. The Labute approximate surface area is 147 Å². The van der Waals surface area contributed by atoms with Gasteiger partial charge in [-0.15, -0.1) is 0 Å². The van der Waals surface area contributed by atoms with Gasteiger partial charge >= 0.3 is 0 Å². The molecule has 3 aromatic rings. The van der Waals surface area contributed by atoms with Crippen LogP contribution in [0.15, 0.2) is 48.5 Å². The number of nitrogens with zero attached hydrogens (tertiary/aromatic N) is 2. The molecule has 0 spiro atoms. The summed E-state index contributed by atoms with van der Waals surface area (Å²) in [4.78, 5) is 8.16. The fourth-order valence-corrected chi connectivity index (χ4v) is 2.52. The Morgan fingerprint density at radius 3 is 2.08 bits per heavy atom. The molecule has 3 rings (SSSR count). The Hall–Kier alpha value is -2.37. The van der Waals surface area contributed by atoms with Crippen molar-refractivity contribution in [2.75, 3.05) is 7.11 Å². The van der Waals surface area contributed by atoms with Gasteiger partial charge in [-0.3, -0.25) is 0 Å². The number of rotatable bonds is 4. The van der Waals surface area contributed by atoms with Gasteiger partial charge in [0.15, 0.2) is 27.6 Å². The van der Waals surface area contributed by atoms with Crippen LogP contribution in [0.3, 0.4) is 0 Å². The van der Waals surface area contributed by atoms with Crippen LogP contribution < -0.4 is 9.47 Å². The first-order valence-corrected chi connectivity index (χ1v) is 7.64. The minimum atomic E-state index is -0.469. The van der Waals surface area contributed by atoms with Gasteiger partial charge in [0, 0.05) is 0 Å². The molecule has 0 aliphatic heterocycles. The van der Waals surface area contributed by atoms with Crippen LogP contribution in [0.5, 0.6) is 17.2 Å². The summed E-state index contributed by atoms with van der Waals surface area (Å²) in [5.74, 6) is 0.593. The fourth-order valence-electron chi connectivity index (χ4n) is 2.06. The standard InChI is InChI=1S/C17H11Cl2FN2O2/c1-23-12-8-4-5-9-13(12)24-14-15(18)21-17(22-16(14)19)10-6-2-3-7-11(10)20/h2-9H,1H3. The Balaban J connectivity index is 2.01. The lowest BCUT2D eigenvalue weighted by Gasteiger charge is -2.12. The molecular formula is C17H11Cl2FN2O2. The molecule has 0 bridgehead atoms. The normalized spacial score (nSPS) is 10.5. The predicted octanol–water partition coefficient (Wildman–Crippen LogP) is 5.39. The Morgan fingerprint density at radius 1 is 0.875 bits per heavy atom. The number of para-hydroxylation sites is 2. The van der Waals surface area contributed by atoms with Gasteiger partial charge in [-0.25, -0.2) is 14.4 Å². The minimum Gasteiger partial charge on any atom is -0.493 e. The van der Waals surface area contributed by atoms with E-state index in [1.54, 1.807) is 36.4 Å². The number of halogens is 3. The molecule has 7 heteroatoms. The van der Waals surface area contributed by atoms with Crippen molar-refractivity contribution in [2.45, 2.75) is 0 Å². The van der Waals surface area contributed by atoms with Gasteiger partial charge in [0.25, 0.3) is 0 Å². The molecule has 0 N–H and O–H groups in total. The summed E-state index contributed by atoms with van der Waals surface area (Å²) in [5.41, 5.74) is 0.199. The van der Waals surface area contributed by atoms with E-state index in [9.17, 15) is 4.39 Å². The van der Waals surface area contributed by atoms with Crippen LogP contribution in [0, 0.1) is 5.82 Å². The van der Waals surface area contributed by atoms with Gasteiger partial charge in [0.2, 0.25) is 5.75 Å². The molecule has 0 unspecified atom stereocenters. The molecular weight excluding hydrogens is 354 g/mol. The van der Waals surface area contributed by atoms with Crippen LogP contribution in [-0.2, 0) is 0 Å². The molecule has 0 radical (unpaired) electrons. The average molecular weight is 365 g/mol. The maximum absolute atomic E-state index is 13.9. The molecule has 0 aliphatic rings. The van der Waals surface area contributed by atoms with Crippen molar-refractivity contribution in [2.24, 2.45) is 0 Å². The van der Waals surface area contributed by atoms with E-state index in [0.29, 0.717) is 11.5 Å². The summed E-state index contributed by atoms with van der Waals surface area (Å²) < 4.78 is 24.8. The topological polar surface area (TPSA) is 44.2 Å². The molecule has 2 aromatic carbocycles. The summed E-state index contributed by atoms with van der Waals surface area (Å²) >= 11 is 12.3. The Bertz CT molecular complexity index is 867. The highest BCUT2D eigenvalue weighted by Gasteiger charge is 2.18. The highest BCUT2D eigenvalue weighted by molar-refractivity contribution is 6.35. The van der Waals surface area contributed by atoms with E-state index in [0.717, 1.165) is 0 Å². The molecule has 4 nitrogen and oxygen atoms in total. The SMILES string of the molecule is COc1ccccc1Oc1c(Cl)nc(-c2ccccc2F)nc1Cl. The summed E-state index contributed by atoms with van der Waals surface area (Å²) in [6.45, 7) is 0. The molecule has 1 heterocycles. The predicted molar refractivity (Wildman–Crippen MR) is 90.5 cm³/mol. The van der Waals surface area contributed by atoms with E-state index in [2.05, 4.69) is 9.97 Å². The third-order valence-corrected chi connectivity index (χ3v) is 3.69. The molecule has 24 heavy (non-hydrogen) atoms. The molecule has 1 aromatic heterocycles. The maximum atomic E-state index is 13.9. The molecule has 0 atom stereocenters. The Kier molecular flexibility index (Phi) is 4.83. The highest BCUT2D eigenvalue weighted by atomic mass is 35.5. The second kappa shape index (κ2) is 7.03. The average Bonchev–Trinajstić information content (AvgIpc) is 2.58. The zero-order valence-corrected chi connectivity index (χ0v) is 14.0. The lowest BCUT2D eigenvalue weighted by atomic mass is 10.2. The summed E-state index contributed by atoms with van der Waals surface area (Å²) in [6.07, 6.45) is 0. The van der Waals surface area contributed by atoms with Gasteiger partial charge in [0.1, 0.15) is 5.82 Å². The van der Waals surface area contributed by atoms with Crippen molar-refractivity contribution >= 4 is 23.2 Å². The van der Waals surface area contributed by atoms with E-state index >= 15 is 0 Å². The fraction of sp³-hybridized carbons (Fsp3) is 0.0588. The molecule has 122 valence electrons. The van der Waals surface area contributed by atoms with Crippen LogP contribution in [0.2, 0.25) is 10.3 Å². The summed E-state index contributed by atoms with van der Waals surface area (Å²) in [7, 11) is 1.52. The van der Waals surface area contributed by atoms with Crippen LogP contribution in [0.25, 0.3) is 11.4 Å². The zero-order chi connectivity index (χ0) is 17.1. The van der Waals surface area contributed by atoms with E-state index in [1.807, 2.05) is 0 Å². The number of benzene rings is 2. The van der Waals surface area contributed by atoms with Crippen molar-refractivity contribution in [3.8, 4) is 28.6 Å². The van der Waals surface area contributed by atoms with Gasteiger partial charge in [-0.1, -0.05) is 47.5 Å². The molecule has 0 saturated heterocycles. The van der Waals surface area contributed by atoms with Crippen molar-refractivity contribution in [1.82, 2.24) is 9.97 Å². The maximum Gasteiger partial charge on any atom is 0.202 e. The first-order chi connectivity index (χ1) is 11.6. The Morgan fingerprint density at radius 2 is 1.46 bits per heavy atom. The zero-order valence-electron chi connectivity index (χ0n) is 12.5. The summed E-state index contributed by atoms with van der Waals surface area (Å²) in [5, 5.41) is -0.0571. The first-order valence-electron chi connectivity index (χ1n) is 6.89. The number of methoxy groups -OCH3 is 1. The molecule has 0 amide bonds. The van der Waals surface area contributed by atoms with E-state index in [4.69, 9.17) is 32.7 Å². The smallest absolute Gasteiger partial charge is 0.202 e. The van der Waals surface area contributed by atoms with E-state index < -0.39 is 5.82 Å². The molecule has 0 aliphatic carbocycles. The van der Waals surface area contributed by atoms with Crippen molar-refractivity contribution in [1.29, 1.82) is 0 Å². The lowest BCUT2D eigenvalue weighted by Crippen LogP contribution is -1.98. The van der Waals surface area contributed by atoms with Crippen LogP contribution in [0.1, 0.15) is 0 Å². The largest absolute Gasteiger partial charge is 0.493 e. The van der Waals surface area contributed by atoms with Gasteiger partial charge in [0.05, 0.1) is 12.7 Å². The van der Waals surface area contributed by atoms with Gasteiger partial charge < -0.3 is 9.47 Å². The number of hydrogen-bond acceptors (Lipinski definition) is 4. The van der Waals surface area contributed by atoms with E-state index in [1.165, 1.54) is 19.2 Å². The number of ether oxygens (including phenoxy) is 2. The van der Waals surface area contributed by atoms with Crippen molar-refractivity contribution in [3.63, 3.8) is 0 Å². The molecule has 0 saturated carbocycles. The third-order valence-electron chi connectivity index (χ3n) is 3.18. The first kappa shape index (κ1) is 16.5. The van der Waals surface area contributed by atoms with Crippen LogP contribution >= 0.6 is 23.2 Å². The van der Waals surface area contributed by atoms with Crippen molar-refractivity contribution in [3.05, 3.63) is 64.7 Å². The number of hydrogen-bond donors (Lipinski definition) is 0. The molecule has 0 fully saturated rings. The monoisotopic (exact) mass is 364 g/mol.